The van der Waals surface area contributed by atoms with Crippen molar-refractivity contribution in [1.29, 1.82) is 5.39 Å². The van der Waals surface area contributed by atoms with Crippen LogP contribution in [0.4, 0.5) is 0 Å². The molecule has 0 aliphatic rings. The summed E-state index contributed by atoms with van der Waals surface area (Å²) in [7, 11) is 0. The predicted molar refractivity (Wildman–Crippen MR) is 88.7 cm³/mol. The number of Topliss-reactive ketones (excluding diaryl/α,β-unsaturated/α-hetero) is 1. The predicted octanol–water partition coefficient (Wildman–Crippen LogP) is 3.06. The summed E-state index contributed by atoms with van der Waals surface area (Å²) in [5.41, 5.74) is 1.78. The molecule has 0 amide bonds. The highest BCUT2D eigenvalue weighted by Gasteiger charge is 2.16. The number of nitrogens with zero attached hydrogens (tertiary/aromatic N) is 2. The van der Waals surface area contributed by atoms with Crippen molar-refractivity contribution in [2.45, 2.75) is 6.42 Å². The van der Waals surface area contributed by atoms with E-state index in [1.165, 1.54) is 0 Å². The van der Waals surface area contributed by atoms with E-state index in [1.807, 2.05) is 30.3 Å². The molecule has 0 saturated carbocycles. The van der Waals surface area contributed by atoms with E-state index in [2.05, 4.69) is 16.8 Å². The van der Waals surface area contributed by atoms with E-state index in [-0.39, 0.29) is 25.4 Å². The number of rotatable bonds is 5. The van der Waals surface area contributed by atoms with Gasteiger partial charge in [-0.3, -0.25) is 9.59 Å². The van der Waals surface area contributed by atoms with Gasteiger partial charge < -0.3 is 4.74 Å². The molecule has 0 fully saturated rings. The molecule has 24 heavy (non-hydrogen) atoms. The zero-order valence-electron chi connectivity index (χ0n) is 12.9. The van der Waals surface area contributed by atoms with Gasteiger partial charge in [-0.25, -0.2) is 0 Å². The maximum Gasteiger partial charge on any atom is 0.338 e. The van der Waals surface area contributed by atoms with E-state index < -0.39 is 5.97 Å². The molecule has 0 spiro atoms. The molecule has 2 aromatic rings. The Kier molecular flexibility index (Phi) is 6.25. The molecule has 0 bridgehead atoms. The zero-order valence-corrected chi connectivity index (χ0v) is 12.9. The summed E-state index contributed by atoms with van der Waals surface area (Å²) in [6.45, 7) is -0.0723. The Bertz CT molecular complexity index is 827. The fourth-order valence-electron chi connectivity index (χ4n) is 1.97. The van der Waals surface area contributed by atoms with Gasteiger partial charge in [-0.15, -0.1) is 0 Å². The second-order valence-electron chi connectivity index (χ2n) is 4.85. The Labute approximate surface area is 139 Å². The van der Waals surface area contributed by atoms with Crippen LogP contribution < -0.4 is 0 Å². The molecule has 0 unspecified atom stereocenters. The quantitative estimate of drug-likeness (QED) is 0.212. The normalized spacial score (nSPS) is 9.29. The standard InChI is InChI=1S/C19H15N2O3/c20-21-12-13-24-19(23)14-18(22)17-9-5-4-8-16(17)11-10-15-6-2-1-3-7-15/h1-9H,12-14H2/q+1. The Balaban J connectivity index is 2.11. The minimum Gasteiger partial charge on any atom is -0.457 e. The van der Waals surface area contributed by atoms with Crippen LogP contribution in [0.2, 0.25) is 0 Å². The number of carbonyl (C=O) groups excluding carboxylic acids is 2. The van der Waals surface area contributed by atoms with E-state index in [0.29, 0.717) is 11.1 Å². The average Bonchev–Trinajstić information content (AvgIpc) is 2.61. The maximum atomic E-state index is 12.3. The van der Waals surface area contributed by atoms with Crippen molar-refractivity contribution in [1.82, 2.24) is 0 Å². The highest BCUT2D eigenvalue weighted by atomic mass is 16.5. The molecule has 5 heteroatoms. The first kappa shape index (κ1) is 16.9. The summed E-state index contributed by atoms with van der Waals surface area (Å²) in [6.07, 6.45) is -0.380. The van der Waals surface area contributed by atoms with Gasteiger partial charge in [0, 0.05) is 16.7 Å². The van der Waals surface area contributed by atoms with Gasteiger partial charge in [-0.05, 0) is 18.2 Å². The fraction of sp³-hybridized carbons (Fsp3) is 0.158. The van der Waals surface area contributed by atoms with Gasteiger partial charge in [0.15, 0.2) is 12.4 Å². The molecule has 2 rings (SSSR count). The minimum absolute atomic E-state index is 0.0148. The van der Waals surface area contributed by atoms with Gasteiger partial charge in [0.05, 0.1) is 0 Å². The third-order valence-electron chi connectivity index (χ3n) is 3.10. The first-order valence-electron chi connectivity index (χ1n) is 7.36. The van der Waals surface area contributed by atoms with Crippen LogP contribution in [0.5, 0.6) is 0 Å². The Morgan fingerprint density at radius 3 is 2.46 bits per heavy atom. The Morgan fingerprint density at radius 1 is 1.00 bits per heavy atom. The average molecular weight is 319 g/mol. The van der Waals surface area contributed by atoms with Crippen LogP contribution >= 0.6 is 0 Å². The monoisotopic (exact) mass is 319 g/mol. The van der Waals surface area contributed by atoms with Gasteiger partial charge in [0.2, 0.25) is 5.39 Å². The molecular formula is C19H15N2O3+. The van der Waals surface area contributed by atoms with E-state index in [9.17, 15) is 9.59 Å². The third kappa shape index (κ3) is 5.08. The van der Waals surface area contributed by atoms with E-state index in [4.69, 9.17) is 10.1 Å². The summed E-state index contributed by atoms with van der Waals surface area (Å²) in [6, 6.07) is 16.3. The van der Waals surface area contributed by atoms with E-state index in [0.717, 1.165) is 5.56 Å². The summed E-state index contributed by atoms with van der Waals surface area (Å²) in [5.74, 6) is 4.94. The van der Waals surface area contributed by atoms with Crippen molar-refractivity contribution in [2.75, 3.05) is 13.2 Å². The van der Waals surface area contributed by atoms with E-state index >= 15 is 0 Å². The first-order chi connectivity index (χ1) is 11.7. The van der Waals surface area contributed by atoms with Crippen LogP contribution in [0.15, 0.2) is 54.6 Å². The molecule has 0 atom stereocenters. The topological polar surface area (TPSA) is 71.5 Å². The van der Waals surface area contributed by atoms with Crippen LogP contribution in [0, 0.1) is 17.2 Å². The second kappa shape index (κ2) is 8.87. The number of esters is 1. The van der Waals surface area contributed by atoms with Crippen LogP contribution in [-0.4, -0.2) is 24.9 Å². The molecule has 2 aromatic carbocycles. The Hall–Kier alpha value is -3.44. The van der Waals surface area contributed by atoms with Gasteiger partial charge in [-0.1, -0.05) is 48.2 Å². The SMILES string of the molecule is N#[N+]CCOC(=O)CC(=O)c1ccccc1C#Cc1ccccc1. The number of carbonyl (C=O) groups is 2. The molecule has 0 aliphatic heterocycles. The first-order valence-corrected chi connectivity index (χ1v) is 7.36. The van der Waals surface area contributed by atoms with Gasteiger partial charge >= 0.3 is 12.5 Å². The van der Waals surface area contributed by atoms with Crippen molar-refractivity contribution in [3.8, 4) is 11.8 Å². The minimum atomic E-state index is -0.658. The summed E-state index contributed by atoms with van der Waals surface area (Å²) >= 11 is 0. The molecule has 0 radical (unpaired) electrons. The molecule has 5 nitrogen and oxygen atoms in total. The van der Waals surface area contributed by atoms with E-state index in [1.54, 1.807) is 24.3 Å². The van der Waals surface area contributed by atoms with Crippen LogP contribution in [-0.2, 0) is 9.53 Å². The fourth-order valence-corrected chi connectivity index (χ4v) is 1.97. The summed E-state index contributed by atoms with van der Waals surface area (Å²) < 4.78 is 4.79. The summed E-state index contributed by atoms with van der Waals surface area (Å²) in [5, 5.41) is 8.28. The van der Waals surface area contributed by atoms with Crippen LogP contribution in [0.25, 0.3) is 4.98 Å². The van der Waals surface area contributed by atoms with Gasteiger partial charge in [0.25, 0.3) is 0 Å². The summed E-state index contributed by atoms with van der Waals surface area (Å²) in [4.78, 5) is 26.7. The third-order valence-corrected chi connectivity index (χ3v) is 3.10. The number of diazo groups is 1. The van der Waals surface area contributed by atoms with Crippen molar-refractivity contribution in [3.63, 3.8) is 0 Å². The lowest BCUT2D eigenvalue weighted by Crippen LogP contribution is -2.14. The van der Waals surface area contributed by atoms with Crippen molar-refractivity contribution in [3.05, 3.63) is 76.3 Å². The molecule has 0 aliphatic carbocycles. The molecular weight excluding hydrogens is 304 g/mol. The van der Waals surface area contributed by atoms with Crippen molar-refractivity contribution in [2.24, 2.45) is 0 Å². The maximum absolute atomic E-state index is 12.3. The van der Waals surface area contributed by atoms with Crippen molar-refractivity contribution < 1.29 is 14.3 Å². The van der Waals surface area contributed by atoms with Crippen LogP contribution in [0.3, 0.4) is 0 Å². The van der Waals surface area contributed by atoms with Crippen molar-refractivity contribution >= 4 is 11.8 Å². The lowest BCUT2D eigenvalue weighted by atomic mass is 10.0. The number of hydrogen-bond acceptors (Lipinski definition) is 4. The number of ether oxygens (including phenoxy) is 1. The lowest BCUT2D eigenvalue weighted by Gasteiger charge is -2.03. The van der Waals surface area contributed by atoms with Gasteiger partial charge in [-0.2, -0.15) is 0 Å². The molecule has 0 N–H and O–H groups in total. The number of benzene rings is 2. The molecule has 0 aromatic heterocycles. The second-order valence-corrected chi connectivity index (χ2v) is 4.85. The Morgan fingerprint density at radius 2 is 1.71 bits per heavy atom. The number of hydrogen-bond donors (Lipinski definition) is 0. The van der Waals surface area contributed by atoms with Crippen LogP contribution in [0.1, 0.15) is 27.9 Å². The highest BCUT2D eigenvalue weighted by molar-refractivity contribution is 6.07. The largest absolute Gasteiger partial charge is 0.457 e. The smallest absolute Gasteiger partial charge is 0.338 e. The zero-order chi connectivity index (χ0) is 17.2. The van der Waals surface area contributed by atoms with Gasteiger partial charge in [0.1, 0.15) is 11.4 Å². The molecule has 118 valence electrons. The highest BCUT2D eigenvalue weighted by Crippen LogP contribution is 2.11. The number of ketones is 1. The lowest BCUT2D eigenvalue weighted by molar-refractivity contribution is -0.142. The molecule has 0 saturated heterocycles. The molecule has 0 heterocycles.